The van der Waals surface area contributed by atoms with Crippen LogP contribution >= 0.6 is 11.8 Å². The second-order valence-corrected chi connectivity index (χ2v) is 12.2. The molecule has 2 unspecified atom stereocenters. The van der Waals surface area contributed by atoms with Crippen LogP contribution in [0.15, 0.2) is 54.6 Å². The Kier molecular flexibility index (Phi) is 11.1. The van der Waals surface area contributed by atoms with E-state index in [4.69, 9.17) is 9.47 Å². The van der Waals surface area contributed by atoms with Crippen molar-refractivity contribution < 1.29 is 32.6 Å². The van der Waals surface area contributed by atoms with Crippen LogP contribution in [-0.2, 0) is 31.9 Å². The minimum absolute atomic E-state index is 0.000000836. The van der Waals surface area contributed by atoms with E-state index in [1.54, 1.807) is 52.1 Å². The summed E-state index contributed by atoms with van der Waals surface area (Å²) in [5, 5.41) is 11.4. The zero-order valence-corrected chi connectivity index (χ0v) is 22.5. The Labute approximate surface area is 217 Å². The van der Waals surface area contributed by atoms with Crippen molar-refractivity contribution in [1.82, 2.24) is 10.0 Å². The van der Waals surface area contributed by atoms with Crippen LogP contribution in [0.1, 0.15) is 38.3 Å². The maximum Gasteiger partial charge on any atom is 0.407 e. The average Bonchev–Trinajstić information content (AvgIpc) is 2.80. The maximum atomic E-state index is 12.6. The van der Waals surface area contributed by atoms with Crippen LogP contribution in [0.3, 0.4) is 0 Å². The van der Waals surface area contributed by atoms with Crippen molar-refractivity contribution >= 4 is 33.8 Å². The molecule has 36 heavy (non-hydrogen) atoms. The Morgan fingerprint density at radius 3 is 2.22 bits per heavy atom. The van der Waals surface area contributed by atoms with Gasteiger partial charge in [0.05, 0.1) is 18.9 Å². The van der Waals surface area contributed by atoms with Crippen LogP contribution in [-0.4, -0.2) is 55.3 Å². The van der Waals surface area contributed by atoms with Crippen molar-refractivity contribution in [2.45, 2.75) is 56.4 Å². The van der Waals surface area contributed by atoms with E-state index in [0.29, 0.717) is 11.5 Å². The van der Waals surface area contributed by atoms with Gasteiger partial charge in [-0.2, -0.15) is 0 Å². The fraction of sp³-hybridized carbons (Fsp3) is 0.440. The lowest BCUT2D eigenvalue weighted by molar-refractivity contribution is -0.136. The number of hydrogen-bond donors (Lipinski definition) is 3. The highest BCUT2D eigenvalue weighted by molar-refractivity contribution is 7.99. The van der Waals surface area contributed by atoms with E-state index in [0.717, 1.165) is 22.9 Å². The molecule has 3 N–H and O–H groups in total. The molecule has 198 valence electrons. The van der Waals surface area contributed by atoms with Gasteiger partial charge in [0.15, 0.2) is 0 Å². The number of rotatable bonds is 13. The van der Waals surface area contributed by atoms with Crippen molar-refractivity contribution in [2.75, 3.05) is 12.9 Å². The maximum absolute atomic E-state index is 12.6. The Morgan fingerprint density at radius 1 is 1.03 bits per heavy atom. The normalized spacial score (nSPS) is 13.4. The van der Waals surface area contributed by atoms with Gasteiger partial charge in [-0.3, -0.25) is 4.79 Å². The van der Waals surface area contributed by atoms with E-state index in [1.807, 2.05) is 30.3 Å². The average molecular weight is 539 g/mol. The summed E-state index contributed by atoms with van der Waals surface area (Å²) in [6, 6.07) is 15.2. The van der Waals surface area contributed by atoms with Gasteiger partial charge in [-0.15, -0.1) is 11.8 Å². The van der Waals surface area contributed by atoms with Crippen molar-refractivity contribution in [1.29, 1.82) is 0 Å². The third kappa shape index (κ3) is 10.9. The molecule has 2 atom stereocenters. The van der Waals surface area contributed by atoms with Gasteiger partial charge in [0.1, 0.15) is 17.6 Å². The van der Waals surface area contributed by atoms with E-state index in [-0.39, 0.29) is 18.8 Å². The number of nitrogens with one attached hydrogen (secondary N) is 2. The highest BCUT2D eigenvalue weighted by atomic mass is 32.2. The molecule has 0 radical (unpaired) electrons. The highest BCUT2D eigenvalue weighted by Crippen LogP contribution is 2.24. The standard InChI is InChI=1S/C25H34N2O7S2/c1-25(2,3)27-36(31,32)15-14-21(26-24(30)34-16-18-8-6-5-7-9-18)22(23(28)29)35-17-19-10-12-20(33-4)13-11-19/h5-13,21-22,27H,14-17H2,1-4H3,(H,26,30)(H,28,29). The molecule has 0 aliphatic carbocycles. The molecule has 0 saturated carbocycles. The molecule has 0 aliphatic rings. The number of carbonyl (C=O) groups is 2. The third-order valence-corrected chi connectivity index (χ3v) is 7.96. The number of carboxylic acid groups (broad SMARTS) is 1. The summed E-state index contributed by atoms with van der Waals surface area (Å²) in [5.74, 6) is -0.509. The minimum atomic E-state index is -3.72. The zero-order chi connectivity index (χ0) is 26.8. The molecule has 0 bridgehead atoms. The Balaban J connectivity index is 2.14. The molecule has 0 fully saturated rings. The largest absolute Gasteiger partial charge is 0.497 e. The number of methoxy groups -OCH3 is 1. The molecule has 0 aliphatic heterocycles. The third-order valence-electron chi connectivity index (χ3n) is 4.87. The number of aliphatic carboxylic acids is 1. The quantitative estimate of drug-likeness (QED) is 0.351. The first-order chi connectivity index (χ1) is 16.9. The summed E-state index contributed by atoms with van der Waals surface area (Å²) in [6.07, 6.45) is -0.931. The van der Waals surface area contributed by atoms with Gasteiger partial charge < -0.3 is 19.9 Å². The summed E-state index contributed by atoms with van der Waals surface area (Å²) in [6.45, 7) is 5.14. The van der Waals surface area contributed by atoms with Crippen molar-refractivity contribution in [3.63, 3.8) is 0 Å². The molecular weight excluding hydrogens is 504 g/mol. The van der Waals surface area contributed by atoms with Gasteiger partial charge in [-0.1, -0.05) is 42.5 Å². The molecule has 9 nitrogen and oxygen atoms in total. The molecule has 2 rings (SSSR count). The molecule has 0 spiro atoms. The zero-order valence-electron chi connectivity index (χ0n) is 20.9. The Bertz CT molecular complexity index is 1090. The monoisotopic (exact) mass is 538 g/mol. The highest BCUT2D eigenvalue weighted by Gasteiger charge is 2.32. The fourth-order valence-corrected chi connectivity index (χ4v) is 6.03. The van der Waals surface area contributed by atoms with Gasteiger partial charge in [-0.25, -0.2) is 17.9 Å². The predicted octanol–water partition coefficient (Wildman–Crippen LogP) is 3.78. The van der Waals surface area contributed by atoms with E-state index in [1.165, 1.54) is 0 Å². The predicted molar refractivity (Wildman–Crippen MR) is 141 cm³/mol. The number of carboxylic acids is 1. The van der Waals surface area contributed by atoms with Crippen LogP contribution in [0, 0.1) is 0 Å². The fourth-order valence-electron chi connectivity index (χ4n) is 3.28. The Morgan fingerprint density at radius 2 is 1.67 bits per heavy atom. The first kappa shape index (κ1) is 29.5. The van der Waals surface area contributed by atoms with Gasteiger partial charge in [0.2, 0.25) is 10.0 Å². The van der Waals surface area contributed by atoms with E-state index < -0.39 is 38.9 Å². The number of alkyl carbamates (subject to hydrolysis) is 1. The number of sulfonamides is 1. The molecule has 0 heterocycles. The van der Waals surface area contributed by atoms with Crippen molar-refractivity contribution in [3.05, 3.63) is 65.7 Å². The van der Waals surface area contributed by atoms with E-state index in [9.17, 15) is 23.1 Å². The van der Waals surface area contributed by atoms with Crippen LogP contribution in [0.5, 0.6) is 5.75 Å². The lowest BCUT2D eigenvalue weighted by atomic mass is 10.1. The first-order valence-electron chi connectivity index (χ1n) is 11.3. The van der Waals surface area contributed by atoms with Crippen LogP contribution < -0.4 is 14.8 Å². The number of benzene rings is 2. The second kappa shape index (κ2) is 13.5. The van der Waals surface area contributed by atoms with Crippen molar-refractivity contribution in [3.8, 4) is 5.75 Å². The number of thioether (sulfide) groups is 1. The van der Waals surface area contributed by atoms with Gasteiger partial charge in [-0.05, 0) is 50.5 Å². The topological polar surface area (TPSA) is 131 Å². The lowest BCUT2D eigenvalue weighted by Gasteiger charge is -2.26. The van der Waals surface area contributed by atoms with Crippen LogP contribution in [0.25, 0.3) is 0 Å². The summed E-state index contributed by atoms with van der Waals surface area (Å²) >= 11 is 1.10. The van der Waals surface area contributed by atoms with Crippen molar-refractivity contribution in [2.24, 2.45) is 0 Å². The second-order valence-electron chi connectivity index (χ2n) is 9.19. The van der Waals surface area contributed by atoms with Crippen LogP contribution in [0.2, 0.25) is 0 Å². The SMILES string of the molecule is COc1ccc(CSC(C(=O)O)C(CCS(=O)(=O)NC(C)(C)C)NC(=O)OCc2ccccc2)cc1. The van der Waals surface area contributed by atoms with Gasteiger partial charge in [0.25, 0.3) is 0 Å². The molecule has 11 heteroatoms. The first-order valence-corrected chi connectivity index (χ1v) is 14.0. The molecule has 0 saturated heterocycles. The molecule has 2 aromatic rings. The minimum Gasteiger partial charge on any atom is -0.497 e. The molecular formula is C25H34N2O7S2. The lowest BCUT2D eigenvalue weighted by Crippen LogP contribution is -2.48. The van der Waals surface area contributed by atoms with E-state index >= 15 is 0 Å². The van der Waals surface area contributed by atoms with Crippen LogP contribution in [0.4, 0.5) is 4.79 Å². The smallest absolute Gasteiger partial charge is 0.407 e. The number of carbonyl (C=O) groups excluding carboxylic acids is 1. The molecule has 0 aromatic heterocycles. The summed E-state index contributed by atoms with van der Waals surface area (Å²) in [7, 11) is -2.16. The number of hydrogen-bond acceptors (Lipinski definition) is 7. The van der Waals surface area contributed by atoms with Gasteiger partial charge >= 0.3 is 12.1 Å². The molecule has 1 amide bonds. The Hall–Kier alpha value is -2.76. The number of amides is 1. The molecule has 2 aromatic carbocycles. The summed E-state index contributed by atoms with van der Waals surface area (Å²) < 4.78 is 38.1. The van der Waals surface area contributed by atoms with E-state index in [2.05, 4.69) is 10.0 Å². The summed E-state index contributed by atoms with van der Waals surface area (Å²) in [4.78, 5) is 24.7. The van der Waals surface area contributed by atoms with Gasteiger partial charge in [0, 0.05) is 11.3 Å². The summed E-state index contributed by atoms with van der Waals surface area (Å²) in [5.41, 5.74) is 0.940. The number of ether oxygens (including phenoxy) is 2.